The van der Waals surface area contributed by atoms with E-state index in [0.29, 0.717) is 18.2 Å². The Morgan fingerprint density at radius 3 is 2.89 bits per heavy atom. The van der Waals surface area contributed by atoms with E-state index in [1.807, 2.05) is 18.5 Å². The number of nitrogens with one attached hydrogen (secondary N) is 1. The lowest BCUT2D eigenvalue weighted by Crippen LogP contribution is -2.29. The summed E-state index contributed by atoms with van der Waals surface area (Å²) in [5.41, 5.74) is 1.97. The quantitative estimate of drug-likeness (QED) is 0.926. The Bertz CT molecular complexity index is 455. The Morgan fingerprint density at radius 2 is 2.33 bits per heavy atom. The number of aryl methyl sites for hydroxylation is 2. The highest BCUT2D eigenvalue weighted by atomic mass is 79.9. The maximum Gasteiger partial charge on any atom is 0.143 e. The normalized spacial score (nSPS) is 23.6. The van der Waals surface area contributed by atoms with Crippen LogP contribution < -0.4 is 5.32 Å². The second kappa shape index (κ2) is 5.53. The number of aromatic nitrogens is 2. The van der Waals surface area contributed by atoms with Crippen molar-refractivity contribution in [1.29, 1.82) is 0 Å². The number of ketones is 1. The van der Waals surface area contributed by atoms with E-state index >= 15 is 0 Å². The Labute approximate surface area is 116 Å². The third-order valence-corrected chi connectivity index (χ3v) is 4.76. The molecule has 2 rings (SSSR count). The van der Waals surface area contributed by atoms with Crippen LogP contribution in [-0.2, 0) is 17.8 Å². The van der Waals surface area contributed by atoms with Crippen LogP contribution in [0.2, 0.25) is 0 Å². The molecule has 2 heterocycles. The molecule has 2 atom stereocenters. The molecule has 0 aliphatic carbocycles. The zero-order valence-electron chi connectivity index (χ0n) is 11.2. The number of hydrogen-bond acceptors (Lipinski definition) is 3. The molecule has 1 aromatic rings. The van der Waals surface area contributed by atoms with Crippen LogP contribution in [0.3, 0.4) is 0 Å². The Balaban J connectivity index is 2.16. The summed E-state index contributed by atoms with van der Waals surface area (Å²) in [5.74, 6) is 0.472. The molecule has 0 bridgehead atoms. The van der Waals surface area contributed by atoms with E-state index < -0.39 is 0 Å². The van der Waals surface area contributed by atoms with Gasteiger partial charge >= 0.3 is 0 Å². The number of nitrogens with zero attached hydrogens (tertiary/aromatic N) is 2. The van der Waals surface area contributed by atoms with Crippen LogP contribution in [-0.4, -0.2) is 28.2 Å². The highest BCUT2D eigenvalue weighted by Crippen LogP contribution is 2.24. The molecule has 5 heteroatoms. The molecule has 4 nitrogen and oxygen atoms in total. The van der Waals surface area contributed by atoms with E-state index in [-0.39, 0.29) is 5.92 Å². The Kier molecular flexibility index (Phi) is 4.22. The molecule has 1 fully saturated rings. The number of carbonyl (C=O) groups excluding carboxylic acids is 1. The summed E-state index contributed by atoms with van der Waals surface area (Å²) in [5, 5.41) is 7.76. The molecule has 0 amide bonds. The number of hydrogen-bond donors (Lipinski definition) is 1. The highest BCUT2D eigenvalue weighted by molar-refractivity contribution is 9.10. The summed E-state index contributed by atoms with van der Waals surface area (Å²) in [6.45, 7) is 7.85. The van der Waals surface area contributed by atoms with Crippen LogP contribution in [0, 0.1) is 12.8 Å². The lowest BCUT2D eigenvalue weighted by Gasteiger charge is -2.14. The van der Waals surface area contributed by atoms with Crippen molar-refractivity contribution >= 4 is 21.7 Å². The first kappa shape index (κ1) is 13.7. The maximum absolute atomic E-state index is 12.4. The Morgan fingerprint density at radius 1 is 1.61 bits per heavy atom. The fourth-order valence-electron chi connectivity index (χ4n) is 2.63. The zero-order valence-corrected chi connectivity index (χ0v) is 12.7. The minimum Gasteiger partial charge on any atom is -0.314 e. The van der Waals surface area contributed by atoms with Crippen molar-refractivity contribution in [3.63, 3.8) is 0 Å². The molecule has 1 saturated heterocycles. The van der Waals surface area contributed by atoms with E-state index in [1.54, 1.807) is 0 Å². The predicted molar refractivity (Wildman–Crippen MR) is 74.6 cm³/mol. The average molecular weight is 314 g/mol. The van der Waals surface area contributed by atoms with E-state index in [9.17, 15) is 4.79 Å². The maximum atomic E-state index is 12.4. The molecule has 1 aromatic heterocycles. The lowest BCUT2D eigenvalue weighted by atomic mass is 9.94. The molecule has 1 aliphatic rings. The van der Waals surface area contributed by atoms with Gasteiger partial charge < -0.3 is 5.32 Å². The van der Waals surface area contributed by atoms with Gasteiger partial charge in [0.15, 0.2) is 0 Å². The summed E-state index contributed by atoms with van der Waals surface area (Å²) in [6.07, 6.45) is 1.43. The molecule has 2 unspecified atom stereocenters. The van der Waals surface area contributed by atoms with Gasteiger partial charge in [-0.15, -0.1) is 0 Å². The largest absolute Gasteiger partial charge is 0.314 e. The van der Waals surface area contributed by atoms with Gasteiger partial charge in [-0.25, -0.2) is 0 Å². The van der Waals surface area contributed by atoms with E-state index in [0.717, 1.165) is 35.4 Å². The summed E-state index contributed by atoms with van der Waals surface area (Å²) in [7, 11) is 0. The summed E-state index contributed by atoms with van der Waals surface area (Å²) >= 11 is 3.54. The third-order valence-electron chi connectivity index (χ3n) is 3.73. The van der Waals surface area contributed by atoms with Crippen LogP contribution in [0.25, 0.3) is 0 Å². The van der Waals surface area contributed by atoms with Gasteiger partial charge in [0.2, 0.25) is 0 Å². The van der Waals surface area contributed by atoms with Crippen LogP contribution in [0.15, 0.2) is 4.47 Å². The molecule has 0 radical (unpaired) electrons. The second-order valence-corrected chi connectivity index (χ2v) is 5.74. The first-order valence-electron chi connectivity index (χ1n) is 6.52. The van der Waals surface area contributed by atoms with Crippen LogP contribution in [0.4, 0.5) is 0 Å². The monoisotopic (exact) mass is 313 g/mol. The smallest absolute Gasteiger partial charge is 0.143 e. The lowest BCUT2D eigenvalue weighted by molar-refractivity contribution is -0.122. The first-order chi connectivity index (χ1) is 8.54. The zero-order chi connectivity index (χ0) is 13.3. The number of carbonyl (C=O) groups is 1. The number of rotatable bonds is 4. The minimum absolute atomic E-state index is 0.150. The molecular formula is C13H20BrN3O. The second-order valence-electron chi connectivity index (χ2n) is 4.94. The fourth-order valence-corrected chi connectivity index (χ4v) is 3.06. The summed E-state index contributed by atoms with van der Waals surface area (Å²) in [6, 6.07) is 0.301. The highest BCUT2D eigenvalue weighted by Gasteiger charge is 2.30. The van der Waals surface area contributed by atoms with Crippen molar-refractivity contribution in [2.24, 2.45) is 5.92 Å². The van der Waals surface area contributed by atoms with Crippen molar-refractivity contribution in [3.05, 3.63) is 15.9 Å². The number of Topliss-reactive ketones (excluding diaryl/α,β-unsaturated/α-hetero) is 1. The molecule has 18 heavy (non-hydrogen) atoms. The van der Waals surface area contributed by atoms with Crippen molar-refractivity contribution in [3.8, 4) is 0 Å². The standard InChI is InChI=1S/C13H20BrN3O/c1-4-17-11(13(14)9(3)16-17)7-12(18)10-5-6-15-8(10)2/h8,10,15H,4-7H2,1-3H3. The van der Waals surface area contributed by atoms with E-state index in [4.69, 9.17) is 0 Å². The van der Waals surface area contributed by atoms with Gasteiger partial charge in [-0.3, -0.25) is 9.48 Å². The van der Waals surface area contributed by atoms with Gasteiger partial charge in [0.05, 0.1) is 15.9 Å². The minimum atomic E-state index is 0.150. The molecule has 100 valence electrons. The summed E-state index contributed by atoms with van der Waals surface area (Å²) < 4.78 is 2.90. The predicted octanol–water partition coefficient (Wildman–Crippen LogP) is 2.08. The first-order valence-corrected chi connectivity index (χ1v) is 7.31. The van der Waals surface area contributed by atoms with Gasteiger partial charge in [-0.1, -0.05) is 0 Å². The van der Waals surface area contributed by atoms with E-state index in [2.05, 4.69) is 33.3 Å². The van der Waals surface area contributed by atoms with Gasteiger partial charge in [0, 0.05) is 24.9 Å². The van der Waals surface area contributed by atoms with E-state index in [1.165, 1.54) is 0 Å². The van der Waals surface area contributed by atoms with Gasteiger partial charge in [-0.05, 0) is 49.7 Å². The molecule has 0 saturated carbocycles. The van der Waals surface area contributed by atoms with Crippen molar-refractivity contribution in [2.45, 2.75) is 46.2 Å². The van der Waals surface area contributed by atoms with Gasteiger partial charge in [0.25, 0.3) is 0 Å². The molecular weight excluding hydrogens is 294 g/mol. The Hall–Kier alpha value is -0.680. The summed E-state index contributed by atoms with van der Waals surface area (Å²) in [4.78, 5) is 12.4. The fraction of sp³-hybridized carbons (Fsp3) is 0.692. The van der Waals surface area contributed by atoms with Crippen molar-refractivity contribution in [1.82, 2.24) is 15.1 Å². The molecule has 0 spiro atoms. The number of halogens is 1. The average Bonchev–Trinajstić information content (AvgIpc) is 2.87. The molecule has 0 aromatic carbocycles. The van der Waals surface area contributed by atoms with Crippen molar-refractivity contribution < 1.29 is 4.79 Å². The molecule has 1 N–H and O–H groups in total. The van der Waals surface area contributed by atoms with Gasteiger partial charge in [0.1, 0.15) is 5.78 Å². The SMILES string of the molecule is CCn1nc(C)c(Br)c1CC(=O)C1CCNC1C. The van der Waals surface area contributed by atoms with Crippen LogP contribution in [0.5, 0.6) is 0 Å². The molecule has 1 aliphatic heterocycles. The van der Waals surface area contributed by atoms with Gasteiger partial charge in [-0.2, -0.15) is 5.10 Å². The van der Waals surface area contributed by atoms with Crippen molar-refractivity contribution in [2.75, 3.05) is 6.54 Å². The third kappa shape index (κ3) is 2.52. The topological polar surface area (TPSA) is 46.9 Å². The van der Waals surface area contributed by atoms with Crippen LogP contribution >= 0.6 is 15.9 Å². The van der Waals surface area contributed by atoms with Crippen LogP contribution in [0.1, 0.15) is 31.7 Å².